The van der Waals surface area contributed by atoms with Crippen molar-refractivity contribution in [2.45, 2.75) is 15.7 Å². The molecule has 0 bridgehead atoms. The van der Waals surface area contributed by atoms with Crippen molar-refractivity contribution in [3.8, 4) is 0 Å². The molecule has 2 aromatic rings. The van der Waals surface area contributed by atoms with Gasteiger partial charge in [-0.1, -0.05) is 39.0 Å². The second-order valence-corrected chi connectivity index (χ2v) is 7.30. The molecule has 0 unspecified atom stereocenters. The third kappa shape index (κ3) is 3.92. The molecule has 0 spiro atoms. The highest BCUT2D eigenvalue weighted by molar-refractivity contribution is 9.10. The van der Waals surface area contributed by atoms with Crippen LogP contribution in [-0.4, -0.2) is 30.8 Å². The Kier molecular flexibility index (Phi) is 5.20. The van der Waals surface area contributed by atoms with Crippen LogP contribution in [0.3, 0.4) is 0 Å². The zero-order valence-corrected chi connectivity index (χ0v) is 14.0. The minimum absolute atomic E-state index is 0.642. The molecule has 19 heavy (non-hydrogen) atoms. The number of anilines is 1. The Morgan fingerprint density at radius 3 is 2.79 bits per heavy atom. The van der Waals surface area contributed by atoms with E-state index in [4.69, 9.17) is 5.73 Å². The van der Waals surface area contributed by atoms with E-state index in [1.165, 1.54) is 10.5 Å². The van der Waals surface area contributed by atoms with Crippen LogP contribution in [-0.2, 0) is 6.42 Å². The standard InChI is InChI=1S/C12H15BrN4S2/c1-17(2)11-15-16-12(19-11)18-10-4-3-9(13)7-8(10)5-6-14/h3-4,7H,5-6,14H2,1-2H3. The van der Waals surface area contributed by atoms with Crippen LogP contribution >= 0.6 is 39.0 Å². The smallest absolute Gasteiger partial charge is 0.208 e. The molecule has 1 aromatic carbocycles. The number of benzene rings is 1. The highest BCUT2D eigenvalue weighted by atomic mass is 79.9. The fourth-order valence-corrected chi connectivity index (χ4v) is 3.79. The normalized spacial score (nSPS) is 10.7. The Balaban J connectivity index is 2.21. The average Bonchev–Trinajstić information content (AvgIpc) is 2.82. The molecule has 2 rings (SSSR count). The van der Waals surface area contributed by atoms with Crippen molar-refractivity contribution < 1.29 is 0 Å². The van der Waals surface area contributed by atoms with E-state index in [-0.39, 0.29) is 0 Å². The van der Waals surface area contributed by atoms with E-state index >= 15 is 0 Å². The SMILES string of the molecule is CN(C)c1nnc(Sc2ccc(Br)cc2CCN)s1. The zero-order valence-electron chi connectivity index (χ0n) is 10.8. The number of hydrogen-bond donors (Lipinski definition) is 1. The summed E-state index contributed by atoms with van der Waals surface area (Å²) in [6.07, 6.45) is 0.862. The van der Waals surface area contributed by atoms with Crippen LogP contribution in [0, 0.1) is 0 Å². The van der Waals surface area contributed by atoms with E-state index in [1.807, 2.05) is 25.1 Å². The Morgan fingerprint density at radius 1 is 1.37 bits per heavy atom. The molecule has 102 valence electrons. The first-order valence-corrected chi connectivity index (χ1v) is 8.20. The van der Waals surface area contributed by atoms with Crippen molar-refractivity contribution >= 4 is 44.2 Å². The summed E-state index contributed by atoms with van der Waals surface area (Å²) in [6.45, 7) is 0.642. The molecule has 0 aliphatic heterocycles. The summed E-state index contributed by atoms with van der Waals surface area (Å²) in [4.78, 5) is 3.15. The Morgan fingerprint density at radius 2 is 2.16 bits per heavy atom. The molecule has 0 saturated heterocycles. The van der Waals surface area contributed by atoms with Crippen LogP contribution in [0.5, 0.6) is 0 Å². The van der Waals surface area contributed by atoms with Gasteiger partial charge in [-0.05, 0) is 36.7 Å². The highest BCUT2D eigenvalue weighted by Gasteiger charge is 2.10. The third-order valence-corrected chi connectivity index (χ3v) is 5.17. The first-order valence-electron chi connectivity index (χ1n) is 5.77. The topological polar surface area (TPSA) is 55.0 Å². The summed E-state index contributed by atoms with van der Waals surface area (Å²) in [5, 5.41) is 9.26. The van der Waals surface area contributed by atoms with Gasteiger partial charge in [0.2, 0.25) is 5.13 Å². The van der Waals surface area contributed by atoms with Crippen LogP contribution < -0.4 is 10.6 Å². The van der Waals surface area contributed by atoms with Crippen LogP contribution in [0.4, 0.5) is 5.13 Å². The van der Waals surface area contributed by atoms with Crippen molar-refractivity contribution in [2.24, 2.45) is 5.73 Å². The molecule has 0 radical (unpaired) electrons. The number of nitrogens with two attached hydrogens (primary N) is 1. The monoisotopic (exact) mass is 358 g/mol. The van der Waals surface area contributed by atoms with Gasteiger partial charge in [0, 0.05) is 23.5 Å². The molecule has 7 heteroatoms. The minimum Gasteiger partial charge on any atom is -0.353 e. The molecule has 0 aliphatic rings. The summed E-state index contributed by atoms with van der Waals surface area (Å²) in [6, 6.07) is 6.25. The number of halogens is 1. The van der Waals surface area contributed by atoms with Crippen molar-refractivity contribution in [1.82, 2.24) is 10.2 Å². The highest BCUT2D eigenvalue weighted by Crippen LogP contribution is 2.35. The number of rotatable bonds is 5. The lowest BCUT2D eigenvalue weighted by Gasteiger charge is -2.07. The average molecular weight is 359 g/mol. The van der Waals surface area contributed by atoms with Crippen LogP contribution in [0.2, 0.25) is 0 Å². The molecule has 0 aliphatic carbocycles. The summed E-state index contributed by atoms with van der Waals surface area (Å²) in [5.74, 6) is 0. The van der Waals surface area contributed by atoms with Gasteiger partial charge in [-0.2, -0.15) is 0 Å². The maximum Gasteiger partial charge on any atom is 0.208 e. The van der Waals surface area contributed by atoms with Gasteiger partial charge in [-0.25, -0.2) is 0 Å². The van der Waals surface area contributed by atoms with Crippen LogP contribution in [0.25, 0.3) is 0 Å². The van der Waals surface area contributed by atoms with Crippen molar-refractivity contribution in [3.63, 3.8) is 0 Å². The van der Waals surface area contributed by atoms with Gasteiger partial charge >= 0.3 is 0 Å². The van der Waals surface area contributed by atoms with E-state index in [0.717, 1.165) is 20.4 Å². The van der Waals surface area contributed by atoms with E-state index in [1.54, 1.807) is 23.1 Å². The van der Waals surface area contributed by atoms with Crippen LogP contribution in [0.15, 0.2) is 31.9 Å². The fourth-order valence-electron chi connectivity index (χ4n) is 1.52. The zero-order chi connectivity index (χ0) is 13.8. The molecule has 0 amide bonds. The molecular weight excluding hydrogens is 344 g/mol. The Hall–Kier alpha value is -0.630. The lowest BCUT2D eigenvalue weighted by atomic mass is 10.1. The second-order valence-electron chi connectivity index (χ2n) is 4.14. The molecular formula is C12H15BrN4S2. The summed E-state index contributed by atoms with van der Waals surface area (Å²) in [5.41, 5.74) is 6.90. The first kappa shape index (κ1) is 14.8. The lowest BCUT2D eigenvalue weighted by molar-refractivity contribution is 0.940. The molecule has 0 saturated carbocycles. The van der Waals surface area contributed by atoms with E-state index in [0.29, 0.717) is 6.54 Å². The Bertz CT molecular complexity index is 556. The fraction of sp³-hybridized carbons (Fsp3) is 0.333. The number of aromatic nitrogens is 2. The van der Waals surface area contributed by atoms with E-state index in [2.05, 4.69) is 38.3 Å². The first-order chi connectivity index (χ1) is 9.10. The van der Waals surface area contributed by atoms with Gasteiger partial charge in [-0.3, -0.25) is 0 Å². The van der Waals surface area contributed by atoms with Gasteiger partial charge in [-0.15, -0.1) is 10.2 Å². The van der Waals surface area contributed by atoms with Gasteiger partial charge < -0.3 is 10.6 Å². The maximum atomic E-state index is 5.66. The molecule has 1 aromatic heterocycles. The predicted octanol–water partition coefficient (Wildman–Crippen LogP) is 3.02. The van der Waals surface area contributed by atoms with Gasteiger partial charge in [0.1, 0.15) is 0 Å². The number of hydrogen-bond acceptors (Lipinski definition) is 6. The molecule has 2 N–H and O–H groups in total. The van der Waals surface area contributed by atoms with Gasteiger partial charge in [0.05, 0.1) is 0 Å². The predicted molar refractivity (Wildman–Crippen MR) is 85.3 cm³/mol. The van der Waals surface area contributed by atoms with E-state index in [9.17, 15) is 0 Å². The largest absolute Gasteiger partial charge is 0.353 e. The molecule has 4 nitrogen and oxygen atoms in total. The third-order valence-electron chi connectivity index (χ3n) is 2.41. The summed E-state index contributed by atoms with van der Waals surface area (Å²) >= 11 is 6.73. The van der Waals surface area contributed by atoms with Crippen molar-refractivity contribution in [2.75, 3.05) is 25.5 Å². The Labute approximate surface area is 129 Å². The number of nitrogens with zero attached hydrogens (tertiary/aromatic N) is 3. The lowest BCUT2D eigenvalue weighted by Crippen LogP contribution is -2.07. The van der Waals surface area contributed by atoms with Crippen LogP contribution in [0.1, 0.15) is 5.56 Å². The van der Waals surface area contributed by atoms with Gasteiger partial charge in [0.25, 0.3) is 0 Å². The molecule has 0 atom stereocenters. The second kappa shape index (κ2) is 6.69. The quantitative estimate of drug-likeness (QED) is 0.889. The molecule has 1 heterocycles. The van der Waals surface area contributed by atoms with Crippen molar-refractivity contribution in [1.29, 1.82) is 0 Å². The maximum absolute atomic E-state index is 5.66. The minimum atomic E-state index is 0.642. The summed E-state index contributed by atoms with van der Waals surface area (Å²) in [7, 11) is 3.93. The van der Waals surface area contributed by atoms with Gasteiger partial charge in [0.15, 0.2) is 4.34 Å². The molecule has 0 fully saturated rings. The van der Waals surface area contributed by atoms with E-state index < -0.39 is 0 Å². The van der Waals surface area contributed by atoms with Crippen molar-refractivity contribution in [3.05, 3.63) is 28.2 Å². The summed E-state index contributed by atoms with van der Waals surface area (Å²) < 4.78 is 2.02.